The van der Waals surface area contributed by atoms with Gasteiger partial charge in [0.1, 0.15) is 6.61 Å². The van der Waals surface area contributed by atoms with E-state index in [0.717, 1.165) is 10.2 Å². The molecule has 0 amide bonds. The van der Waals surface area contributed by atoms with E-state index in [4.69, 9.17) is 4.84 Å². The molecule has 2 nitrogen and oxygen atoms in total. The van der Waals surface area contributed by atoms with Crippen LogP contribution in [0.3, 0.4) is 0 Å². The molecule has 0 unspecified atom stereocenters. The molecule has 0 aromatic heterocycles. The first-order valence-electron chi connectivity index (χ1n) is 3.02. The quantitative estimate of drug-likeness (QED) is 0.693. The Morgan fingerprint density at radius 3 is 3.30 bits per heavy atom. The standard InChI is InChI=1S/C7H6BrNO/c8-6-1-2-7-5(3-6)4-10-9-7/h1-3,9H,4H2. The van der Waals surface area contributed by atoms with E-state index in [1.165, 1.54) is 5.56 Å². The van der Waals surface area contributed by atoms with Crippen LogP contribution < -0.4 is 5.48 Å². The highest BCUT2D eigenvalue weighted by Gasteiger charge is 2.09. The van der Waals surface area contributed by atoms with E-state index < -0.39 is 0 Å². The largest absolute Gasteiger partial charge is 0.271 e. The van der Waals surface area contributed by atoms with Crippen molar-refractivity contribution in [2.24, 2.45) is 0 Å². The van der Waals surface area contributed by atoms with Crippen molar-refractivity contribution in [3.63, 3.8) is 0 Å². The SMILES string of the molecule is Brc1ccc2c(c1)CON2. The minimum absolute atomic E-state index is 0.661. The molecule has 1 heterocycles. The Balaban J connectivity index is 2.52. The van der Waals surface area contributed by atoms with Crippen molar-refractivity contribution >= 4 is 21.6 Å². The van der Waals surface area contributed by atoms with E-state index in [1.54, 1.807) is 0 Å². The van der Waals surface area contributed by atoms with Crippen LogP contribution in [-0.2, 0) is 11.4 Å². The summed E-state index contributed by atoms with van der Waals surface area (Å²) >= 11 is 3.38. The van der Waals surface area contributed by atoms with Gasteiger partial charge in [-0.2, -0.15) is 0 Å². The lowest BCUT2D eigenvalue weighted by Crippen LogP contribution is -1.86. The molecule has 0 atom stereocenters. The van der Waals surface area contributed by atoms with Crippen LogP contribution >= 0.6 is 15.9 Å². The number of benzene rings is 1. The molecular formula is C7H6BrNO. The summed E-state index contributed by atoms with van der Waals surface area (Å²) in [6.45, 7) is 0.661. The molecule has 52 valence electrons. The molecule has 1 aromatic carbocycles. The molecule has 1 N–H and O–H groups in total. The average molecular weight is 200 g/mol. The van der Waals surface area contributed by atoms with Gasteiger partial charge in [0.05, 0.1) is 5.69 Å². The smallest absolute Gasteiger partial charge is 0.102 e. The van der Waals surface area contributed by atoms with Gasteiger partial charge in [-0.3, -0.25) is 10.3 Å². The van der Waals surface area contributed by atoms with Gasteiger partial charge in [-0.15, -0.1) is 0 Å². The highest BCUT2D eigenvalue weighted by atomic mass is 79.9. The zero-order chi connectivity index (χ0) is 6.97. The third-order valence-electron chi connectivity index (χ3n) is 1.48. The first-order chi connectivity index (χ1) is 4.86. The Labute approximate surface area is 67.3 Å². The van der Waals surface area contributed by atoms with E-state index in [1.807, 2.05) is 12.1 Å². The van der Waals surface area contributed by atoms with Crippen molar-refractivity contribution in [3.05, 3.63) is 28.2 Å². The highest BCUT2D eigenvalue weighted by molar-refractivity contribution is 9.10. The van der Waals surface area contributed by atoms with Crippen LogP contribution in [0.25, 0.3) is 0 Å². The van der Waals surface area contributed by atoms with E-state index in [9.17, 15) is 0 Å². The van der Waals surface area contributed by atoms with Gasteiger partial charge in [0.2, 0.25) is 0 Å². The number of halogens is 1. The summed E-state index contributed by atoms with van der Waals surface area (Å²) in [4.78, 5) is 5.00. The Morgan fingerprint density at radius 1 is 1.50 bits per heavy atom. The zero-order valence-electron chi connectivity index (χ0n) is 5.23. The third kappa shape index (κ3) is 0.914. The summed E-state index contributed by atoms with van der Waals surface area (Å²) in [6, 6.07) is 6.03. The Hall–Kier alpha value is -0.540. The van der Waals surface area contributed by atoms with Crippen LogP contribution in [0.4, 0.5) is 5.69 Å². The molecule has 2 rings (SSSR count). The lowest BCUT2D eigenvalue weighted by Gasteiger charge is -1.95. The number of anilines is 1. The first kappa shape index (κ1) is 6.19. The van der Waals surface area contributed by atoms with Gasteiger partial charge in [-0.25, -0.2) is 0 Å². The van der Waals surface area contributed by atoms with Crippen molar-refractivity contribution in [2.45, 2.75) is 6.61 Å². The van der Waals surface area contributed by atoms with Crippen molar-refractivity contribution in [1.82, 2.24) is 0 Å². The monoisotopic (exact) mass is 199 g/mol. The molecule has 0 bridgehead atoms. The fourth-order valence-corrected chi connectivity index (χ4v) is 1.38. The van der Waals surface area contributed by atoms with Gasteiger partial charge in [-0.05, 0) is 18.2 Å². The van der Waals surface area contributed by atoms with E-state index >= 15 is 0 Å². The van der Waals surface area contributed by atoms with Crippen molar-refractivity contribution in [2.75, 3.05) is 5.48 Å². The number of rotatable bonds is 0. The molecule has 3 heteroatoms. The Bertz CT molecular complexity index is 262. The molecule has 0 radical (unpaired) electrons. The number of nitrogens with one attached hydrogen (secondary N) is 1. The molecule has 1 aromatic rings. The van der Waals surface area contributed by atoms with E-state index in [2.05, 4.69) is 27.5 Å². The van der Waals surface area contributed by atoms with Crippen LogP contribution in [-0.4, -0.2) is 0 Å². The van der Waals surface area contributed by atoms with Crippen molar-refractivity contribution in [1.29, 1.82) is 0 Å². The molecule has 0 saturated carbocycles. The fraction of sp³-hybridized carbons (Fsp3) is 0.143. The van der Waals surface area contributed by atoms with Crippen LogP contribution in [0.2, 0.25) is 0 Å². The summed E-state index contributed by atoms with van der Waals surface area (Å²) in [6.07, 6.45) is 0. The average Bonchev–Trinajstić information content (AvgIpc) is 2.33. The third-order valence-corrected chi connectivity index (χ3v) is 1.97. The van der Waals surface area contributed by atoms with Crippen LogP contribution in [0, 0.1) is 0 Å². The minimum Gasteiger partial charge on any atom is -0.271 e. The van der Waals surface area contributed by atoms with Gasteiger partial charge in [0.25, 0.3) is 0 Å². The van der Waals surface area contributed by atoms with Crippen LogP contribution in [0.15, 0.2) is 22.7 Å². The van der Waals surface area contributed by atoms with E-state index in [0.29, 0.717) is 6.61 Å². The second-order valence-corrected chi connectivity index (χ2v) is 3.11. The van der Waals surface area contributed by atoms with Crippen LogP contribution in [0.1, 0.15) is 5.56 Å². The maximum Gasteiger partial charge on any atom is 0.102 e. The molecule has 0 aliphatic carbocycles. The summed E-state index contributed by atoms with van der Waals surface area (Å²) < 4.78 is 1.10. The Morgan fingerprint density at radius 2 is 2.40 bits per heavy atom. The fourth-order valence-electron chi connectivity index (χ4n) is 0.973. The van der Waals surface area contributed by atoms with Crippen LogP contribution in [0.5, 0.6) is 0 Å². The lowest BCUT2D eigenvalue weighted by atomic mass is 10.2. The maximum absolute atomic E-state index is 5.00. The molecule has 10 heavy (non-hydrogen) atoms. The van der Waals surface area contributed by atoms with Gasteiger partial charge in [-0.1, -0.05) is 15.9 Å². The lowest BCUT2D eigenvalue weighted by molar-refractivity contribution is 0.202. The molecule has 0 fully saturated rings. The predicted octanol–water partition coefficient (Wildman–Crippen LogP) is 2.31. The highest BCUT2D eigenvalue weighted by Crippen LogP contribution is 2.25. The van der Waals surface area contributed by atoms with Gasteiger partial charge < -0.3 is 0 Å². The summed E-state index contributed by atoms with van der Waals surface area (Å²) in [5.41, 5.74) is 5.08. The Kier molecular flexibility index (Phi) is 1.39. The second kappa shape index (κ2) is 2.25. The molecule has 0 spiro atoms. The van der Waals surface area contributed by atoms with Gasteiger partial charge in [0, 0.05) is 10.0 Å². The summed E-state index contributed by atoms with van der Waals surface area (Å²) in [5.74, 6) is 0. The number of hydrogen-bond donors (Lipinski definition) is 1. The predicted molar refractivity (Wildman–Crippen MR) is 42.6 cm³/mol. The van der Waals surface area contributed by atoms with E-state index in [-0.39, 0.29) is 0 Å². The number of hydrogen-bond acceptors (Lipinski definition) is 2. The second-order valence-electron chi connectivity index (χ2n) is 2.19. The molecule has 1 aliphatic rings. The number of fused-ring (bicyclic) bond motifs is 1. The summed E-state index contributed by atoms with van der Waals surface area (Å²) in [7, 11) is 0. The normalized spacial score (nSPS) is 14.5. The van der Waals surface area contributed by atoms with Gasteiger partial charge >= 0.3 is 0 Å². The topological polar surface area (TPSA) is 21.3 Å². The first-order valence-corrected chi connectivity index (χ1v) is 3.82. The minimum atomic E-state index is 0.661. The van der Waals surface area contributed by atoms with Crippen molar-refractivity contribution in [3.8, 4) is 0 Å². The van der Waals surface area contributed by atoms with Crippen molar-refractivity contribution < 1.29 is 4.84 Å². The van der Waals surface area contributed by atoms with Gasteiger partial charge in [0.15, 0.2) is 0 Å². The molecule has 1 aliphatic heterocycles. The molecular weight excluding hydrogens is 194 g/mol. The summed E-state index contributed by atoms with van der Waals surface area (Å²) in [5, 5.41) is 0. The maximum atomic E-state index is 5.00. The molecule has 0 saturated heterocycles. The zero-order valence-corrected chi connectivity index (χ0v) is 6.81.